The van der Waals surface area contributed by atoms with Crippen molar-refractivity contribution < 1.29 is 38.9 Å². The highest BCUT2D eigenvalue weighted by atomic mass is 127. The van der Waals surface area contributed by atoms with E-state index in [9.17, 15) is 24.7 Å². The van der Waals surface area contributed by atoms with E-state index in [1.807, 2.05) is 0 Å². The van der Waals surface area contributed by atoms with Gasteiger partial charge in [-0.15, -0.1) is 0 Å². The lowest BCUT2D eigenvalue weighted by atomic mass is 10.2. The molecule has 0 aliphatic rings. The summed E-state index contributed by atoms with van der Waals surface area (Å²) in [4.78, 5) is 8.70. The third-order valence-corrected chi connectivity index (χ3v) is 5.57. The van der Waals surface area contributed by atoms with Gasteiger partial charge in [0.15, 0.2) is 21.2 Å². The minimum atomic E-state index is -5.00. The predicted molar refractivity (Wildman–Crippen MR) is 66.4 cm³/mol. The Labute approximate surface area is 117 Å². The predicted octanol–water partition coefficient (Wildman–Crippen LogP) is 0.364. The van der Waals surface area contributed by atoms with Crippen molar-refractivity contribution in [2.75, 3.05) is 0 Å². The van der Waals surface area contributed by atoms with Gasteiger partial charge in [0.1, 0.15) is 4.90 Å². The molecular formula is C7H5IO9S2. The van der Waals surface area contributed by atoms with E-state index in [0.29, 0.717) is 12.1 Å². The summed E-state index contributed by atoms with van der Waals surface area (Å²) in [6.45, 7) is 0. The number of rotatable bonds is 4. The van der Waals surface area contributed by atoms with Gasteiger partial charge in [0.25, 0.3) is 20.2 Å². The van der Waals surface area contributed by atoms with Gasteiger partial charge in [-0.05, 0) is 12.1 Å². The zero-order chi connectivity index (χ0) is 15.0. The summed E-state index contributed by atoms with van der Waals surface area (Å²) < 4.78 is 71.8. The minimum absolute atomic E-state index is 0.337. The molecule has 1 aromatic carbocycles. The van der Waals surface area contributed by atoms with E-state index in [4.69, 9.17) is 14.2 Å². The number of halogens is 1. The number of aromatic carboxylic acids is 1. The van der Waals surface area contributed by atoms with Crippen molar-refractivity contribution in [3.63, 3.8) is 0 Å². The first-order valence-electron chi connectivity index (χ1n) is 4.12. The lowest BCUT2D eigenvalue weighted by molar-refractivity contribution is 0.0695. The van der Waals surface area contributed by atoms with Crippen LogP contribution >= 0.6 is 21.2 Å². The molecule has 0 saturated carbocycles. The zero-order valence-corrected chi connectivity index (χ0v) is 12.4. The van der Waals surface area contributed by atoms with E-state index >= 15 is 0 Å². The Morgan fingerprint density at radius 3 is 1.89 bits per heavy atom. The molecule has 1 rings (SSSR count). The highest BCUT2D eigenvalue weighted by Crippen LogP contribution is 2.28. The lowest BCUT2D eigenvalue weighted by Gasteiger charge is -2.07. The average molecular weight is 424 g/mol. The maximum absolute atomic E-state index is 11.0. The van der Waals surface area contributed by atoms with Crippen LogP contribution in [0.5, 0.6) is 0 Å². The molecule has 1 aromatic rings. The van der Waals surface area contributed by atoms with E-state index < -0.39 is 66.3 Å². The molecule has 0 unspecified atom stereocenters. The molecule has 9 nitrogen and oxygen atoms in total. The Morgan fingerprint density at radius 2 is 1.58 bits per heavy atom. The van der Waals surface area contributed by atoms with Crippen LogP contribution < -0.4 is 0 Å². The molecule has 0 heterocycles. The van der Waals surface area contributed by atoms with Crippen molar-refractivity contribution in [3.05, 3.63) is 21.3 Å². The second-order valence-electron chi connectivity index (χ2n) is 3.12. The largest absolute Gasteiger partial charge is 0.478 e. The monoisotopic (exact) mass is 424 g/mol. The molecule has 0 atom stereocenters. The van der Waals surface area contributed by atoms with Crippen molar-refractivity contribution in [1.82, 2.24) is 0 Å². The second kappa shape index (κ2) is 5.20. The first-order valence-corrected chi connectivity index (χ1v) is 8.96. The van der Waals surface area contributed by atoms with Gasteiger partial charge >= 0.3 is 5.97 Å². The second-order valence-corrected chi connectivity index (χ2v) is 7.45. The number of carboxylic acids is 1. The Kier molecular flexibility index (Phi) is 4.40. The van der Waals surface area contributed by atoms with Gasteiger partial charge in [0.2, 0.25) is 0 Å². The smallest absolute Gasteiger partial charge is 0.336 e. The first-order chi connectivity index (χ1) is 8.48. The average Bonchev–Trinajstić information content (AvgIpc) is 2.24. The quantitative estimate of drug-likeness (QED) is 0.458. The summed E-state index contributed by atoms with van der Waals surface area (Å²) in [6.07, 6.45) is 0. The standard InChI is InChI=1S/C7H5IO9S2/c9-7(10)4-1-3(18(12,13)14)2-5(6(4)8-11)19(15,16)17/h1-2H,(H,9,10)(H,12,13,14)(H,15,16,17). The number of hydrogen-bond acceptors (Lipinski definition) is 6. The van der Waals surface area contributed by atoms with Crippen LogP contribution in [-0.4, -0.2) is 37.0 Å². The first kappa shape index (κ1) is 16.1. The zero-order valence-electron chi connectivity index (χ0n) is 8.64. The van der Waals surface area contributed by atoms with Gasteiger partial charge in [-0.1, -0.05) is 0 Å². The SMILES string of the molecule is O=Ic1c(C(=O)O)cc(S(=O)(=O)O)cc1S(=O)(=O)O. The van der Waals surface area contributed by atoms with Crippen LogP contribution in [0.4, 0.5) is 0 Å². The third-order valence-electron chi connectivity index (χ3n) is 1.90. The number of benzene rings is 1. The fourth-order valence-corrected chi connectivity index (χ4v) is 4.41. The molecule has 0 aromatic heterocycles. The van der Waals surface area contributed by atoms with Crippen molar-refractivity contribution in [1.29, 1.82) is 0 Å². The van der Waals surface area contributed by atoms with Gasteiger partial charge in [-0.2, -0.15) is 16.8 Å². The molecule has 0 spiro atoms. The molecule has 0 aliphatic carbocycles. The third kappa shape index (κ3) is 3.53. The number of carbonyl (C=O) groups is 1. The molecule has 0 bridgehead atoms. The van der Waals surface area contributed by atoms with E-state index in [1.165, 1.54) is 0 Å². The molecule has 106 valence electrons. The molecule has 0 radical (unpaired) electrons. The molecule has 0 aliphatic heterocycles. The van der Waals surface area contributed by atoms with E-state index in [-0.39, 0.29) is 0 Å². The molecule has 0 saturated heterocycles. The Bertz CT molecular complexity index is 762. The summed E-state index contributed by atoms with van der Waals surface area (Å²) in [5.41, 5.74) is -0.884. The van der Waals surface area contributed by atoms with E-state index in [1.54, 1.807) is 0 Å². The normalized spacial score (nSPS) is 12.3. The topological polar surface area (TPSA) is 163 Å². The molecule has 0 amide bonds. The van der Waals surface area contributed by atoms with Crippen LogP contribution in [0.1, 0.15) is 10.4 Å². The fraction of sp³-hybridized carbons (Fsp3) is 0. The van der Waals surface area contributed by atoms with Crippen LogP contribution in [0.2, 0.25) is 0 Å². The van der Waals surface area contributed by atoms with Crippen LogP contribution in [0.3, 0.4) is 0 Å². The molecule has 3 N–H and O–H groups in total. The van der Waals surface area contributed by atoms with Gasteiger partial charge in [-0.3, -0.25) is 12.2 Å². The van der Waals surface area contributed by atoms with Gasteiger partial charge < -0.3 is 5.11 Å². The lowest BCUT2D eigenvalue weighted by Crippen LogP contribution is -2.11. The summed E-state index contributed by atoms with van der Waals surface area (Å²) in [7, 11) is -9.89. The minimum Gasteiger partial charge on any atom is -0.478 e. The number of hydrogen-bond donors (Lipinski definition) is 3. The van der Waals surface area contributed by atoms with Crippen LogP contribution in [0, 0.1) is 3.57 Å². The Balaban J connectivity index is 3.96. The Morgan fingerprint density at radius 1 is 1.05 bits per heavy atom. The fourth-order valence-electron chi connectivity index (χ4n) is 1.14. The van der Waals surface area contributed by atoms with Crippen molar-refractivity contribution in [2.24, 2.45) is 0 Å². The number of carboxylic acid groups (broad SMARTS) is 1. The highest BCUT2D eigenvalue weighted by molar-refractivity contribution is 14.1. The summed E-state index contributed by atoms with van der Waals surface area (Å²) in [5.74, 6) is -1.75. The highest BCUT2D eigenvalue weighted by Gasteiger charge is 2.26. The van der Waals surface area contributed by atoms with Crippen molar-refractivity contribution in [2.45, 2.75) is 9.79 Å². The van der Waals surface area contributed by atoms with Gasteiger partial charge in [0.05, 0.1) is 14.0 Å². The molecule has 0 fully saturated rings. The van der Waals surface area contributed by atoms with Crippen molar-refractivity contribution >= 4 is 47.4 Å². The molecule has 19 heavy (non-hydrogen) atoms. The van der Waals surface area contributed by atoms with Gasteiger partial charge in [0, 0.05) is 0 Å². The van der Waals surface area contributed by atoms with Crippen molar-refractivity contribution in [3.8, 4) is 0 Å². The van der Waals surface area contributed by atoms with Crippen LogP contribution in [-0.2, 0) is 23.3 Å². The summed E-state index contributed by atoms with van der Waals surface area (Å²) in [6, 6.07) is 0.795. The van der Waals surface area contributed by atoms with Crippen LogP contribution in [0.25, 0.3) is 0 Å². The summed E-state index contributed by atoms with van der Waals surface area (Å²) >= 11 is -2.33. The maximum atomic E-state index is 11.0. The Hall–Kier alpha value is -0.960. The summed E-state index contributed by atoms with van der Waals surface area (Å²) in [5, 5.41) is 8.80. The molecular weight excluding hydrogens is 419 g/mol. The van der Waals surface area contributed by atoms with E-state index in [2.05, 4.69) is 0 Å². The van der Waals surface area contributed by atoms with Gasteiger partial charge in [-0.25, -0.2) is 4.79 Å². The molecule has 12 heteroatoms. The maximum Gasteiger partial charge on any atom is 0.336 e. The van der Waals surface area contributed by atoms with E-state index in [0.717, 1.165) is 0 Å². The van der Waals surface area contributed by atoms with Crippen LogP contribution in [0.15, 0.2) is 21.9 Å².